The van der Waals surface area contributed by atoms with E-state index in [1.165, 1.54) is 0 Å². The van der Waals surface area contributed by atoms with Crippen LogP contribution >= 0.6 is 0 Å². The third-order valence-corrected chi connectivity index (χ3v) is 5.16. The Bertz CT molecular complexity index is 1280. The van der Waals surface area contributed by atoms with E-state index in [0.29, 0.717) is 22.5 Å². The van der Waals surface area contributed by atoms with Gasteiger partial charge in [-0.25, -0.2) is 4.98 Å². The molecule has 0 radical (unpaired) electrons. The molecule has 28 heavy (non-hydrogen) atoms. The van der Waals surface area contributed by atoms with Gasteiger partial charge in [0, 0.05) is 24.3 Å². The molecule has 0 aliphatic rings. The molecule has 2 aromatic carbocycles. The summed E-state index contributed by atoms with van der Waals surface area (Å²) in [7, 11) is 1.64. The molecule has 0 saturated carbocycles. The number of aromatic amines is 2. The van der Waals surface area contributed by atoms with Gasteiger partial charge in [-0.05, 0) is 42.7 Å². The zero-order chi connectivity index (χ0) is 19.8. The second-order valence-corrected chi connectivity index (χ2v) is 6.77. The second-order valence-electron chi connectivity index (χ2n) is 6.77. The van der Waals surface area contributed by atoms with Crippen molar-refractivity contribution >= 4 is 21.9 Å². The zero-order valence-electron chi connectivity index (χ0n) is 15.9. The van der Waals surface area contributed by atoms with Crippen LogP contribution in [-0.4, -0.2) is 22.1 Å². The second kappa shape index (κ2) is 6.84. The molecule has 0 aliphatic heterocycles. The van der Waals surface area contributed by atoms with Gasteiger partial charge in [-0.2, -0.15) is 10.5 Å². The molecule has 2 N–H and O–H groups in total. The van der Waals surface area contributed by atoms with Crippen molar-refractivity contribution in [1.29, 1.82) is 10.5 Å². The van der Waals surface area contributed by atoms with Crippen molar-refractivity contribution in [2.24, 2.45) is 0 Å². The van der Waals surface area contributed by atoms with Gasteiger partial charge in [-0.1, -0.05) is 13.0 Å². The van der Waals surface area contributed by atoms with E-state index in [1.54, 1.807) is 25.4 Å². The molecule has 0 fully saturated rings. The zero-order valence-corrected chi connectivity index (χ0v) is 15.9. The number of H-pyrrole nitrogens is 2. The van der Waals surface area contributed by atoms with Crippen molar-refractivity contribution in [3.05, 3.63) is 64.1 Å². The van der Waals surface area contributed by atoms with E-state index in [0.717, 1.165) is 39.5 Å². The van der Waals surface area contributed by atoms with E-state index in [2.05, 4.69) is 40.1 Å². The van der Waals surface area contributed by atoms with Gasteiger partial charge in [0.2, 0.25) is 0 Å². The minimum atomic E-state index is -0.459. The fraction of sp³-hybridized carbons (Fsp3) is 0.227. The molecule has 138 valence electrons. The van der Waals surface area contributed by atoms with Gasteiger partial charge in [0.05, 0.1) is 33.7 Å². The highest BCUT2D eigenvalue weighted by Crippen LogP contribution is 2.37. The summed E-state index contributed by atoms with van der Waals surface area (Å²) < 4.78 is 5.89. The summed E-state index contributed by atoms with van der Waals surface area (Å²) in [5, 5.41) is 19.7. The first-order chi connectivity index (χ1) is 13.6. The van der Waals surface area contributed by atoms with Crippen molar-refractivity contribution < 1.29 is 4.74 Å². The number of aryl methyl sites for hydroxylation is 2. The quantitative estimate of drug-likeness (QED) is 0.557. The predicted octanol–water partition coefficient (Wildman–Crippen LogP) is 4.39. The smallest absolute Gasteiger partial charge is 0.141 e. The lowest BCUT2D eigenvalue weighted by Gasteiger charge is -2.19. The molecular formula is C22H19N5O. The molecule has 1 atom stereocenters. The standard InChI is InChI=1S/C22H19N5O/c1-4-14-7-12(2)20-18(15(10-24)11-25-20)19(14)21(28-3)22-26-16-6-5-13(9-23)8-17(16)27-22/h5-8,11,21,25H,4H2,1-3H3,(H,26,27). The molecule has 6 heteroatoms. The van der Waals surface area contributed by atoms with Crippen molar-refractivity contribution in [2.75, 3.05) is 7.11 Å². The molecule has 0 amide bonds. The molecule has 4 aromatic rings. The minimum absolute atomic E-state index is 0.459. The highest BCUT2D eigenvalue weighted by atomic mass is 16.5. The van der Waals surface area contributed by atoms with Crippen LogP contribution in [0.5, 0.6) is 0 Å². The Balaban J connectivity index is 2.00. The third-order valence-electron chi connectivity index (χ3n) is 5.16. The number of nitriles is 2. The molecule has 0 bridgehead atoms. The number of imidazole rings is 1. The van der Waals surface area contributed by atoms with Gasteiger partial charge in [-0.3, -0.25) is 0 Å². The Labute approximate surface area is 162 Å². The van der Waals surface area contributed by atoms with Crippen molar-refractivity contribution in [3.63, 3.8) is 0 Å². The van der Waals surface area contributed by atoms with Gasteiger partial charge in [0.15, 0.2) is 0 Å². The van der Waals surface area contributed by atoms with Crippen LogP contribution in [0.25, 0.3) is 21.9 Å². The fourth-order valence-corrected chi connectivity index (χ4v) is 3.85. The molecular weight excluding hydrogens is 350 g/mol. The highest BCUT2D eigenvalue weighted by Gasteiger charge is 2.26. The number of fused-ring (bicyclic) bond motifs is 2. The predicted molar refractivity (Wildman–Crippen MR) is 107 cm³/mol. The summed E-state index contributed by atoms with van der Waals surface area (Å²) >= 11 is 0. The highest BCUT2D eigenvalue weighted by molar-refractivity contribution is 5.93. The average molecular weight is 369 g/mol. The van der Waals surface area contributed by atoms with Crippen LogP contribution in [0.3, 0.4) is 0 Å². The van der Waals surface area contributed by atoms with Gasteiger partial charge < -0.3 is 14.7 Å². The summed E-state index contributed by atoms with van der Waals surface area (Å²) in [5.41, 5.74) is 6.80. The van der Waals surface area contributed by atoms with E-state index in [1.807, 2.05) is 13.0 Å². The fourth-order valence-electron chi connectivity index (χ4n) is 3.85. The number of rotatable bonds is 4. The number of benzene rings is 2. The van der Waals surface area contributed by atoms with Gasteiger partial charge in [0.25, 0.3) is 0 Å². The lowest BCUT2D eigenvalue weighted by atomic mass is 9.92. The first-order valence-corrected chi connectivity index (χ1v) is 9.07. The first-order valence-electron chi connectivity index (χ1n) is 9.07. The largest absolute Gasteiger partial charge is 0.369 e. The molecule has 0 spiro atoms. The maximum Gasteiger partial charge on any atom is 0.141 e. The lowest BCUT2D eigenvalue weighted by Crippen LogP contribution is -2.10. The summed E-state index contributed by atoms with van der Waals surface area (Å²) in [5.74, 6) is 0.650. The van der Waals surface area contributed by atoms with Crippen LogP contribution in [0, 0.1) is 29.6 Å². The Morgan fingerprint density at radius 3 is 2.71 bits per heavy atom. The number of hydrogen-bond donors (Lipinski definition) is 2. The van der Waals surface area contributed by atoms with E-state index in [4.69, 9.17) is 10.00 Å². The Hall–Kier alpha value is -3.61. The maximum absolute atomic E-state index is 9.64. The van der Waals surface area contributed by atoms with Gasteiger partial charge in [0.1, 0.15) is 18.0 Å². The number of ether oxygens (including phenoxy) is 1. The minimum Gasteiger partial charge on any atom is -0.369 e. The molecule has 2 heterocycles. The SMILES string of the molecule is CCc1cc(C)c2[nH]cc(C#N)c2c1C(OC)c1nc2cc(C#N)ccc2[nH]1. The third kappa shape index (κ3) is 2.63. The van der Waals surface area contributed by atoms with E-state index in [9.17, 15) is 5.26 Å². The van der Waals surface area contributed by atoms with Crippen molar-refractivity contribution in [1.82, 2.24) is 15.0 Å². The molecule has 2 aromatic heterocycles. The van der Waals surface area contributed by atoms with Gasteiger partial charge in [-0.15, -0.1) is 0 Å². The van der Waals surface area contributed by atoms with E-state index in [-0.39, 0.29) is 0 Å². The maximum atomic E-state index is 9.64. The number of nitrogens with zero attached hydrogens (tertiary/aromatic N) is 3. The molecule has 4 rings (SSSR count). The molecule has 0 aliphatic carbocycles. The Kier molecular flexibility index (Phi) is 4.35. The van der Waals surface area contributed by atoms with Crippen LogP contribution in [0.4, 0.5) is 0 Å². The monoisotopic (exact) mass is 369 g/mol. The first kappa shape index (κ1) is 17.8. The molecule has 1 unspecified atom stereocenters. The van der Waals surface area contributed by atoms with Gasteiger partial charge >= 0.3 is 0 Å². The number of hydrogen-bond acceptors (Lipinski definition) is 4. The van der Waals surface area contributed by atoms with Crippen LogP contribution in [0.2, 0.25) is 0 Å². The lowest BCUT2D eigenvalue weighted by molar-refractivity contribution is 0.130. The van der Waals surface area contributed by atoms with Crippen molar-refractivity contribution in [2.45, 2.75) is 26.4 Å². The Morgan fingerprint density at radius 2 is 2.04 bits per heavy atom. The van der Waals surface area contributed by atoms with Crippen LogP contribution in [0.15, 0.2) is 30.5 Å². The topological polar surface area (TPSA) is 101 Å². The normalized spacial score (nSPS) is 12.2. The molecule has 6 nitrogen and oxygen atoms in total. The van der Waals surface area contributed by atoms with E-state index < -0.39 is 6.10 Å². The number of aromatic nitrogens is 3. The summed E-state index contributed by atoms with van der Waals surface area (Å²) in [6.45, 7) is 4.13. The van der Waals surface area contributed by atoms with E-state index >= 15 is 0 Å². The summed E-state index contributed by atoms with van der Waals surface area (Å²) in [6.07, 6.45) is 2.09. The number of nitrogens with one attached hydrogen (secondary N) is 2. The van der Waals surface area contributed by atoms with Crippen LogP contribution in [-0.2, 0) is 11.2 Å². The summed E-state index contributed by atoms with van der Waals surface area (Å²) in [6, 6.07) is 11.9. The van der Waals surface area contributed by atoms with Crippen LogP contribution in [0.1, 0.15) is 46.7 Å². The summed E-state index contributed by atoms with van der Waals surface area (Å²) in [4.78, 5) is 11.2. The average Bonchev–Trinajstić information content (AvgIpc) is 3.33. The van der Waals surface area contributed by atoms with Crippen molar-refractivity contribution in [3.8, 4) is 12.1 Å². The number of methoxy groups -OCH3 is 1. The Morgan fingerprint density at radius 1 is 1.21 bits per heavy atom. The molecule has 0 saturated heterocycles. The van der Waals surface area contributed by atoms with Crippen LogP contribution < -0.4 is 0 Å².